The van der Waals surface area contributed by atoms with Crippen molar-refractivity contribution in [3.8, 4) is 5.75 Å². The molecule has 1 fully saturated rings. The van der Waals surface area contributed by atoms with Crippen molar-refractivity contribution in [2.75, 3.05) is 20.2 Å². The van der Waals surface area contributed by atoms with E-state index in [4.69, 9.17) is 9.84 Å². The molecule has 0 amide bonds. The smallest absolute Gasteiger partial charge is 0.317 e. The fraction of sp³-hybridized carbons (Fsp3) is 0.562. The Labute approximate surface area is 140 Å². The van der Waals surface area contributed by atoms with Crippen LogP contribution >= 0.6 is 0 Å². The number of rotatable bonds is 9. The van der Waals surface area contributed by atoms with Crippen LogP contribution in [0.5, 0.6) is 5.75 Å². The number of nitro groups is 1. The number of ether oxygens (including phenoxy) is 1. The van der Waals surface area contributed by atoms with Crippen LogP contribution in [0.1, 0.15) is 25.3 Å². The van der Waals surface area contributed by atoms with Crippen LogP contribution in [-0.2, 0) is 11.3 Å². The molecule has 1 aliphatic carbocycles. The third kappa shape index (κ3) is 4.42. The lowest BCUT2D eigenvalue weighted by atomic mass is 9.85. The lowest BCUT2D eigenvalue weighted by Gasteiger charge is -2.42. The Balaban J connectivity index is 1.84. The van der Waals surface area contributed by atoms with Gasteiger partial charge in [-0.15, -0.1) is 0 Å². The maximum atomic E-state index is 11.0. The molecule has 0 saturated heterocycles. The maximum Gasteiger partial charge on any atom is 0.317 e. The number of nitrogens with one attached hydrogen (secondary N) is 1. The summed E-state index contributed by atoms with van der Waals surface area (Å²) in [5, 5.41) is 23.3. The van der Waals surface area contributed by atoms with Gasteiger partial charge in [-0.1, -0.05) is 13.0 Å². The minimum absolute atomic E-state index is 0.0399. The number of carbonyl (C=O) groups is 1. The highest BCUT2D eigenvalue weighted by Gasteiger charge is 2.33. The average Bonchev–Trinajstić information content (AvgIpc) is 2.51. The Morgan fingerprint density at radius 1 is 1.50 bits per heavy atom. The first-order valence-corrected chi connectivity index (χ1v) is 7.95. The number of hydrogen-bond acceptors (Lipinski definition) is 6. The standard InChI is InChI=1S/C16H23N3O5/c1-3-18(10-16(20)21)13-7-12(8-13)17-9-11-4-5-15(24-2)14(6-11)19(22)23/h4-6,12-13,17H,3,7-10H2,1-2H3,(H,20,21). The van der Waals surface area contributed by atoms with Crippen LogP contribution < -0.4 is 10.1 Å². The second kappa shape index (κ2) is 8.07. The molecule has 2 N–H and O–H groups in total. The van der Waals surface area contributed by atoms with Gasteiger partial charge in [0.1, 0.15) is 0 Å². The normalized spacial score (nSPS) is 19.8. The largest absolute Gasteiger partial charge is 0.490 e. The molecule has 24 heavy (non-hydrogen) atoms. The van der Waals surface area contributed by atoms with Crippen molar-refractivity contribution in [2.24, 2.45) is 0 Å². The van der Waals surface area contributed by atoms with E-state index in [9.17, 15) is 14.9 Å². The zero-order chi connectivity index (χ0) is 17.7. The summed E-state index contributed by atoms with van der Waals surface area (Å²) >= 11 is 0. The summed E-state index contributed by atoms with van der Waals surface area (Å²) in [7, 11) is 1.41. The minimum Gasteiger partial charge on any atom is -0.490 e. The van der Waals surface area contributed by atoms with Gasteiger partial charge in [-0.05, 0) is 31.0 Å². The monoisotopic (exact) mass is 337 g/mol. The van der Waals surface area contributed by atoms with Gasteiger partial charge in [-0.3, -0.25) is 19.8 Å². The van der Waals surface area contributed by atoms with E-state index in [2.05, 4.69) is 5.32 Å². The van der Waals surface area contributed by atoms with Crippen LogP contribution in [0.4, 0.5) is 5.69 Å². The minimum atomic E-state index is -0.807. The summed E-state index contributed by atoms with van der Waals surface area (Å²) in [6.45, 7) is 3.28. The second-order valence-electron chi connectivity index (χ2n) is 5.92. The quantitative estimate of drug-likeness (QED) is 0.521. The summed E-state index contributed by atoms with van der Waals surface area (Å²) in [5.41, 5.74) is 0.783. The topological polar surface area (TPSA) is 105 Å². The molecule has 0 atom stereocenters. The molecule has 1 saturated carbocycles. The van der Waals surface area contributed by atoms with Crippen molar-refractivity contribution in [1.29, 1.82) is 0 Å². The number of hydrogen-bond donors (Lipinski definition) is 2. The van der Waals surface area contributed by atoms with Crippen molar-refractivity contribution in [1.82, 2.24) is 10.2 Å². The van der Waals surface area contributed by atoms with Crippen LogP contribution in [0.25, 0.3) is 0 Å². The summed E-state index contributed by atoms with van der Waals surface area (Å²) in [4.78, 5) is 23.4. The van der Waals surface area contributed by atoms with Gasteiger partial charge in [0.15, 0.2) is 5.75 Å². The van der Waals surface area contributed by atoms with Gasteiger partial charge in [0.25, 0.3) is 0 Å². The average molecular weight is 337 g/mol. The number of methoxy groups -OCH3 is 1. The van der Waals surface area contributed by atoms with Gasteiger partial charge in [0.2, 0.25) is 0 Å². The molecule has 0 spiro atoms. The van der Waals surface area contributed by atoms with E-state index in [1.807, 2.05) is 11.8 Å². The van der Waals surface area contributed by atoms with Gasteiger partial charge in [-0.2, -0.15) is 0 Å². The summed E-state index contributed by atoms with van der Waals surface area (Å²) in [6, 6.07) is 5.51. The van der Waals surface area contributed by atoms with E-state index in [1.54, 1.807) is 12.1 Å². The molecule has 0 aromatic heterocycles. The van der Waals surface area contributed by atoms with Crippen molar-refractivity contribution in [3.05, 3.63) is 33.9 Å². The molecule has 1 aromatic carbocycles. The van der Waals surface area contributed by atoms with E-state index >= 15 is 0 Å². The molecule has 8 nitrogen and oxygen atoms in total. The third-order valence-electron chi connectivity index (χ3n) is 4.41. The zero-order valence-corrected chi connectivity index (χ0v) is 13.9. The van der Waals surface area contributed by atoms with Gasteiger partial charge in [-0.25, -0.2) is 0 Å². The van der Waals surface area contributed by atoms with Crippen molar-refractivity contribution in [2.45, 2.75) is 38.4 Å². The maximum absolute atomic E-state index is 11.0. The lowest BCUT2D eigenvalue weighted by Crippen LogP contribution is -2.53. The van der Waals surface area contributed by atoms with Gasteiger partial charge < -0.3 is 15.2 Å². The Morgan fingerprint density at radius 2 is 2.21 bits per heavy atom. The number of benzene rings is 1. The molecule has 2 rings (SSSR count). The first kappa shape index (κ1) is 18.2. The highest BCUT2D eigenvalue weighted by Crippen LogP contribution is 2.29. The second-order valence-corrected chi connectivity index (χ2v) is 5.92. The number of carboxylic acids is 1. The lowest BCUT2D eigenvalue weighted by molar-refractivity contribution is -0.385. The Bertz CT molecular complexity index is 601. The van der Waals surface area contributed by atoms with E-state index < -0.39 is 10.9 Å². The van der Waals surface area contributed by atoms with E-state index in [0.717, 1.165) is 18.4 Å². The Kier molecular flexibility index (Phi) is 6.10. The number of nitro benzene ring substituents is 1. The molecular formula is C16H23N3O5. The van der Waals surface area contributed by atoms with Crippen LogP contribution in [0.3, 0.4) is 0 Å². The predicted molar refractivity (Wildman–Crippen MR) is 88.2 cm³/mol. The first-order valence-electron chi connectivity index (χ1n) is 7.95. The SMILES string of the molecule is CCN(CC(=O)O)C1CC(NCc2ccc(OC)c([N+](=O)[O-])c2)C1. The van der Waals surface area contributed by atoms with E-state index in [0.29, 0.717) is 19.1 Å². The van der Waals surface area contributed by atoms with Crippen LogP contribution in [0, 0.1) is 10.1 Å². The Hall–Kier alpha value is -2.19. The first-order chi connectivity index (χ1) is 11.4. The summed E-state index contributed by atoms with van der Waals surface area (Å²) < 4.78 is 4.99. The fourth-order valence-electron chi connectivity index (χ4n) is 2.98. The molecule has 1 aliphatic rings. The number of aliphatic carboxylic acids is 1. The molecular weight excluding hydrogens is 314 g/mol. The molecule has 8 heteroatoms. The highest BCUT2D eigenvalue weighted by molar-refractivity contribution is 5.69. The molecule has 0 heterocycles. The third-order valence-corrected chi connectivity index (χ3v) is 4.41. The predicted octanol–water partition coefficient (Wildman–Crippen LogP) is 1.63. The van der Waals surface area contributed by atoms with Gasteiger partial charge in [0.05, 0.1) is 18.6 Å². The van der Waals surface area contributed by atoms with E-state index in [1.165, 1.54) is 13.2 Å². The van der Waals surface area contributed by atoms with Crippen molar-refractivity contribution in [3.63, 3.8) is 0 Å². The van der Waals surface area contributed by atoms with Crippen LogP contribution in [0.2, 0.25) is 0 Å². The van der Waals surface area contributed by atoms with E-state index in [-0.39, 0.29) is 24.0 Å². The fourth-order valence-corrected chi connectivity index (χ4v) is 2.98. The Morgan fingerprint density at radius 3 is 2.75 bits per heavy atom. The molecule has 0 aliphatic heterocycles. The highest BCUT2D eigenvalue weighted by atomic mass is 16.6. The number of nitrogens with zero attached hydrogens (tertiary/aromatic N) is 2. The molecule has 0 bridgehead atoms. The zero-order valence-electron chi connectivity index (χ0n) is 13.9. The van der Waals surface area contributed by atoms with Crippen molar-refractivity contribution >= 4 is 11.7 Å². The van der Waals surface area contributed by atoms with Gasteiger partial charge >= 0.3 is 11.7 Å². The number of likely N-dealkylation sites (N-methyl/N-ethyl adjacent to an activating group) is 1. The molecule has 0 unspecified atom stereocenters. The van der Waals surface area contributed by atoms with Crippen molar-refractivity contribution < 1.29 is 19.6 Å². The number of carboxylic acid groups (broad SMARTS) is 1. The van der Waals surface area contributed by atoms with Crippen LogP contribution in [-0.4, -0.2) is 53.2 Å². The summed E-state index contributed by atoms with van der Waals surface area (Å²) in [6.07, 6.45) is 1.78. The van der Waals surface area contributed by atoms with Crippen LogP contribution in [0.15, 0.2) is 18.2 Å². The molecule has 132 valence electrons. The summed E-state index contributed by atoms with van der Waals surface area (Å²) in [5.74, 6) is -0.557. The van der Waals surface area contributed by atoms with Gasteiger partial charge in [0, 0.05) is 24.7 Å². The molecule has 1 aromatic rings. The molecule has 0 radical (unpaired) electrons.